The molecule has 1 N–H and O–H groups in total. The molecule has 0 spiro atoms. The second-order valence-electron chi connectivity index (χ2n) is 16.4. The summed E-state index contributed by atoms with van der Waals surface area (Å²) in [5, 5.41) is 12.2. The Balaban J connectivity index is 1.18. The predicted octanol–water partition coefficient (Wildman–Crippen LogP) is 14.4. The summed E-state index contributed by atoms with van der Waals surface area (Å²) >= 11 is 0. The number of para-hydroxylation sites is 2. The molecule has 0 atom stereocenters. The molecule has 0 fully saturated rings. The van der Waals surface area contributed by atoms with Crippen LogP contribution < -0.4 is 0 Å². The quantitative estimate of drug-likeness (QED) is 0.175. The fourth-order valence-electron chi connectivity index (χ4n) is 9.33. The highest BCUT2D eigenvalue weighted by Crippen LogP contribution is 2.52. The monoisotopic (exact) mass is 783 g/mol. The van der Waals surface area contributed by atoms with Gasteiger partial charge in [-0.2, -0.15) is 0 Å². The maximum atomic E-state index is 12.2. The van der Waals surface area contributed by atoms with Gasteiger partial charge in [0.05, 0.1) is 28.0 Å². The summed E-state index contributed by atoms with van der Waals surface area (Å²) in [6, 6.07) is 70.0. The van der Waals surface area contributed by atoms with Gasteiger partial charge >= 0.3 is 0 Å². The van der Waals surface area contributed by atoms with E-state index in [0.717, 1.165) is 83.6 Å². The van der Waals surface area contributed by atoms with Crippen LogP contribution in [0.15, 0.2) is 206 Å². The van der Waals surface area contributed by atoms with Crippen LogP contribution in [0.4, 0.5) is 0 Å². The standard InChI is InChI=1S/C57H41N3O/c1-57(2)49-26-14-12-24-46(49)47-35-48(54(61)36-50(47)57)56-59-55-45(25-16-28-53(55)60(56)52-27-15-13-23-44(52)39-21-10-5-11-22-39)42-31-41(38-19-8-4-9-20-38)32-43(33-42)51-34-40(29-30-58-51)37-17-6-3-7-18-37/h3-36,61H,1-2H3. The number of imidazole rings is 1. The molecule has 8 aromatic carbocycles. The van der Waals surface area contributed by atoms with Gasteiger partial charge < -0.3 is 5.11 Å². The first-order chi connectivity index (χ1) is 29.9. The van der Waals surface area contributed by atoms with Crippen LogP contribution in [0.2, 0.25) is 0 Å². The molecule has 1 aliphatic rings. The van der Waals surface area contributed by atoms with Crippen molar-refractivity contribution in [3.8, 4) is 89.7 Å². The Bertz CT molecular complexity index is 3280. The van der Waals surface area contributed by atoms with E-state index in [-0.39, 0.29) is 11.2 Å². The lowest BCUT2D eigenvalue weighted by Gasteiger charge is -2.22. The molecule has 11 rings (SSSR count). The van der Waals surface area contributed by atoms with Crippen molar-refractivity contribution in [2.24, 2.45) is 0 Å². The first-order valence-electron chi connectivity index (χ1n) is 20.8. The van der Waals surface area contributed by atoms with Gasteiger partial charge in [-0.15, -0.1) is 0 Å². The molecule has 0 aliphatic heterocycles. The molecule has 1 aliphatic carbocycles. The van der Waals surface area contributed by atoms with Crippen LogP contribution in [0.1, 0.15) is 25.0 Å². The number of pyridine rings is 1. The lowest BCUT2D eigenvalue weighted by Crippen LogP contribution is -2.14. The Morgan fingerprint density at radius 2 is 1.03 bits per heavy atom. The maximum Gasteiger partial charge on any atom is 0.149 e. The molecule has 4 nitrogen and oxygen atoms in total. The zero-order valence-electron chi connectivity index (χ0n) is 33.9. The lowest BCUT2D eigenvalue weighted by molar-refractivity contribution is 0.474. The van der Waals surface area contributed by atoms with Gasteiger partial charge in [0.1, 0.15) is 11.6 Å². The topological polar surface area (TPSA) is 50.9 Å². The summed E-state index contributed by atoms with van der Waals surface area (Å²) in [6.45, 7) is 4.47. The van der Waals surface area contributed by atoms with Crippen LogP contribution in [0.5, 0.6) is 5.75 Å². The Hall–Kier alpha value is -7.82. The van der Waals surface area contributed by atoms with Gasteiger partial charge in [0.2, 0.25) is 0 Å². The third-order valence-corrected chi connectivity index (χ3v) is 12.4. The minimum atomic E-state index is -0.258. The van der Waals surface area contributed by atoms with Crippen molar-refractivity contribution >= 4 is 11.0 Å². The summed E-state index contributed by atoms with van der Waals surface area (Å²) in [6.07, 6.45) is 1.90. The summed E-state index contributed by atoms with van der Waals surface area (Å²) in [4.78, 5) is 10.5. The van der Waals surface area contributed by atoms with Crippen LogP contribution >= 0.6 is 0 Å². The average molecular weight is 784 g/mol. The molecular formula is C57H41N3O. The molecule has 4 heteroatoms. The SMILES string of the molecule is CC1(C)c2ccccc2-c2cc(-c3nc4c(-c5cc(-c6ccccc6)cc(-c6cc(-c7ccccc7)ccn6)c5)cccc4n3-c3ccccc3-c3ccccc3)c(O)cc21. The average Bonchev–Trinajstić information content (AvgIpc) is 3.81. The van der Waals surface area contributed by atoms with E-state index in [2.05, 4.69) is 200 Å². The first-order valence-corrected chi connectivity index (χ1v) is 20.8. The van der Waals surface area contributed by atoms with Gasteiger partial charge in [0, 0.05) is 28.3 Å². The molecule has 0 bridgehead atoms. The third-order valence-electron chi connectivity index (χ3n) is 12.4. The maximum absolute atomic E-state index is 12.2. The minimum absolute atomic E-state index is 0.202. The molecule has 2 aromatic heterocycles. The molecule has 0 unspecified atom stereocenters. The van der Waals surface area contributed by atoms with Gasteiger partial charge in [-0.25, -0.2) is 4.98 Å². The van der Waals surface area contributed by atoms with E-state index in [1.54, 1.807) is 0 Å². The predicted molar refractivity (Wildman–Crippen MR) is 251 cm³/mol. The molecule has 290 valence electrons. The van der Waals surface area contributed by atoms with Crippen LogP contribution in [0.3, 0.4) is 0 Å². The highest BCUT2D eigenvalue weighted by molar-refractivity contribution is 5.99. The number of phenolic OH excluding ortho intramolecular Hbond substituents is 1. The van der Waals surface area contributed by atoms with Crippen LogP contribution in [-0.2, 0) is 5.41 Å². The number of nitrogens with zero attached hydrogens (tertiary/aromatic N) is 3. The fourth-order valence-corrected chi connectivity index (χ4v) is 9.33. The van der Waals surface area contributed by atoms with Gasteiger partial charge in [-0.3, -0.25) is 9.55 Å². The summed E-state index contributed by atoms with van der Waals surface area (Å²) in [7, 11) is 0. The number of benzene rings is 8. The molecule has 61 heavy (non-hydrogen) atoms. The molecule has 0 amide bonds. The number of aromatic hydroxyl groups is 1. The molecule has 10 aromatic rings. The van der Waals surface area contributed by atoms with Crippen LogP contribution in [0.25, 0.3) is 95.0 Å². The van der Waals surface area contributed by atoms with Crippen LogP contribution in [-0.4, -0.2) is 19.6 Å². The van der Waals surface area contributed by atoms with E-state index in [0.29, 0.717) is 11.4 Å². The Morgan fingerprint density at radius 1 is 0.426 bits per heavy atom. The van der Waals surface area contributed by atoms with Crippen molar-refractivity contribution < 1.29 is 5.11 Å². The van der Waals surface area contributed by atoms with Crippen LogP contribution in [0, 0.1) is 0 Å². The van der Waals surface area contributed by atoms with E-state index < -0.39 is 0 Å². The second kappa shape index (κ2) is 14.5. The number of fused-ring (bicyclic) bond motifs is 4. The molecule has 0 radical (unpaired) electrons. The van der Waals surface area contributed by atoms with Crippen molar-refractivity contribution in [2.75, 3.05) is 0 Å². The summed E-state index contributed by atoms with van der Waals surface area (Å²) in [5.74, 6) is 0.873. The normalized spacial score (nSPS) is 12.6. The third kappa shape index (κ3) is 6.15. The number of hydrogen-bond donors (Lipinski definition) is 1. The summed E-state index contributed by atoms with van der Waals surface area (Å²) < 4.78 is 2.24. The summed E-state index contributed by atoms with van der Waals surface area (Å²) in [5.41, 5.74) is 18.4. The zero-order valence-corrected chi connectivity index (χ0v) is 33.9. The van der Waals surface area contributed by atoms with Gasteiger partial charge in [0.25, 0.3) is 0 Å². The molecule has 2 heterocycles. The van der Waals surface area contributed by atoms with Crippen molar-refractivity contribution in [3.63, 3.8) is 0 Å². The Kier molecular flexibility index (Phi) is 8.61. The minimum Gasteiger partial charge on any atom is -0.507 e. The first kappa shape index (κ1) is 36.3. The highest BCUT2D eigenvalue weighted by atomic mass is 16.3. The van der Waals surface area contributed by atoms with Crippen molar-refractivity contribution in [2.45, 2.75) is 19.3 Å². The molecular weight excluding hydrogens is 743 g/mol. The van der Waals surface area contributed by atoms with Gasteiger partial charge in [-0.1, -0.05) is 159 Å². The number of rotatable bonds is 7. The number of phenols is 1. The highest BCUT2D eigenvalue weighted by Gasteiger charge is 2.37. The van der Waals surface area contributed by atoms with Crippen molar-refractivity contribution in [1.82, 2.24) is 14.5 Å². The zero-order chi connectivity index (χ0) is 41.1. The van der Waals surface area contributed by atoms with E-state index in [9.17, 15) is 5.11 Å². The number of hydrogen-bond acceptors (Lipinski definition) is 3. The van der Waals surface area contributed by atoms with Gasteiger partial charge in [-0.05, 0) is 110 Å². The van der Waals surface area contributed by atoms with E-state index in [4.69, 9.17) is 9.97 Å². The molecule has 0 saturated carbocycles. The molecule has 0 saturated heterocycles. The largest absolute Gasteiger partial charge is 0.507 e. The van der Waals surface area contributed by atoms with E-state index >= 15 is 0 Å². The van der Waals surface area contributed by atoms with E-state index in [1.165, 1.54) is 11.1 Å². The Labute approximate surface area is 355 Å². The van der Waals surface area contributed by atoms with Crippen molar-refractivity contribution in [1.29, 1.82) is 0 Å². The van der Waals surface area contributed by atoms with Gasteiger partial charge in [0.15, 0.2) is 0 Å². The van der Waals surface area contributed by atoms with Crippen molar-refractivity contribution in [3.05, 3.63) is 218 Å². The second-order valence-corrected chi connectivity index (χ2v) is 16.4. The van der Waals surface area contributed by atoms with E-state index in [1.807, 2.05) is 24.4 Å². The fraction of sp³-hybridized carbons (Fsp3) is 0.0526. The Morgan fingerprint density at radius 3 is 1.79 bits per heavy atom. The number of aromatic nitrogens is 3. The smallest absolute Gasteiger partial charge is 0.149 e. The lowest BCUT2D eigenvalue weighted by atomic mass is 9.82.